The number of amides is 1. The summed E-state index contributed by atoms with van der Waals surface area (Å²) in [6, 6.07) is 11.3. The number of hydrogen-bond donors (Lipinski definition) is 0. The summed E-state index contributed by atoms with van der Waals surface area (Å²) in [5, 5.41) is 0. The highest BCUT2D eigenvalue weighted by atomic mass is 19.1. The minimum absolute atomic E-state index is 0.198. The summed E-state index contributed by atoms with van der Waals surface area (Å²) in [5.74, 6) is -0.995. The van der Waals surface area contributed by atoms with Gasteiger partial charge in [0, 0.05) is 12.1 Å². The fourth-order valence-electron chi connectivity index (χ4n) is 2.83. The molecule has 6 heteroatoms. The molecule has 0 aromatic heterocycles. The molecular weight excluding hydrogens is 340 g/mol. The van der Waals surface area contributed by atoms with E-state index in [2.05, 4.69) is 0 Å². The first-order chi connectivity index (χ1) is 12.5. The first-order valence-corrected chi connectivity index (χ1v) is 8.54. The van der Waals surface area contributed by atoms with Crippen molar-refractivity contribution < 1.29 is 23.0 Å². The summed E-state index contributed by atoms with van der Waals surface area (Å²) >= 11 is 0. The number of rotatable bonds is 5. The number of carbonyl (C=O) groups is 1. The van der Waals surface area contributed by atoms with Gasteiger partial charge >= 0.3 is 0 Å². The molecule has 0 saturated carbocycles. The highest BCUT2D eigenvalue weighted by Gasteiger charge is 2.26. The number of benzene rings is 2. The van der Waals surface area contributed by atoms with Crippen molar-refractivity contribution in [2.75, 3.05) is 26.3 Å². The highest BCUT2D eigenvalue weighted by molar-refractivity contribution is 5.79. The Morgan fingerprint density at radius 3 is 2.58 bits per heavy atom. The fraction of sp³-hybridized carbons (Fsp3) is 0.350. The number of nitrogens with zero attached hydrogens (tertiary/aromatic N) is 1. The Kier molecular flexibility index (Phi) is 5.83. The van der Waals surface area contributed by atoms with Crippen molar-refractivity contribution in [1.82, 2.24) is 4.90 Å². The van der Waals surface area contributed by atoms with Gasteiger partial charge in [0.25, 0.3) is 0 Å². The van der Waals surface area contributed by atoms with Crippen LogP contribution in [0.2, 0.25) is 0 Å². The van der Waals surface area contributed by atoms with Gasteiger partial charge < -0.3 is 14.4 Å². The molecule has 1 fully saturated rings. The van der Waals surface area contributed by atoms with Gasteiger partial charge in [0.2, 0.25) is 5.91 Å². The van der Waals surface area contributed by atoms with Crippen LogP contribution in [0.5, 0.6) is 5.75 Å². The second-order valence-electron chi connectivity index (χ2n) is 6.33. The van der Waals surface area contributed by atoms with E-state index < -0.39 is 11.6 Å². The zero-order valence-electron chi connectivity index (χ0n) is 14.6. The largest absolute Gasteiger partial charge is 0.491 e. The second kappa shape index (κ2) is 8.27. The number of aryl methyl sites for hydroxylation is 1. The lowest BCUT2D eigenvalue weighted by molar-refractivity contribution is -0.139. The van der Waals surface area contributed by atoms with E-state index in [0.717, 1.165) is 23.4 Å². The SMILES string of the molecule is Cc1ccc(OC[C@H]2CN(C(=O)Cc3c(F)cccc3F)CCO2)cc1. The van der Waals surface area contributed by atoms with Crippen molar-refractivity contribution >= 4 is 5.91 Å². The van der Waals surface area contributed by atoms with Crippen LogP contribution >= 0.6 is 0 Å². The minimum Gasteiger partial charge on any atom is -0.491 e. The molecule has 26 heavy (non-hydrogen) atoms. The van der Waals surface area contributed by atoms with Gasteiger partial charge in [-0.1, -0.05) is 23.8 Å². The van der Waals surface area contributed by atoms with Crippen molar-refractivity contribution in [3.05, 3.63) is 65.2 Å². The van der Waals surface area contributed by atoms with E-state index in [1.165, 1.54) is 6.07 Å². The van der Waals surface area contributed by atoms with Gasteiger partial charge in [-0.15, -0.1) is 0 Å². The molecule has 1 heterocycles. The van der Waals surface area contributed by atoms with E-state index in [0.29, 0.717) is 26.3 Å². The quantitative estimate of drug-likeness (QED) is 0.821. The van der Waals surface area contributed by atoms with Crippen LogP contribution in [0.1, 0.15) is 11.1 Å². The molecular formula is C20H21F2NO3. The molecule has 3 rings (SSSR count). The van der Waals surface area contributed by atoms with Crippen molar-refractivity contribution in [3.63, 3.8) is 0 Å². The Morgan fingerprint density at radius 1 is 1.19 bits per heavy atom. The predicted octanol–water partition coefficient (Wildman–Crippen LogP) is 3.12. The summed E-state index contributed by atoms with van der Waals surface area (Å²) in [7, 11) is 0. The fourth-order valence-corrected chi connectivity index (χ4v) is 2.83. The average molecular weight is 361 g/mol. The molecule has 1 atom stereocenters. The van der Waals surface area contributed by atoms with Crippen LogP contribution in [0, 0.1) is 18.6 Å². The molecule has 138 valence electrons. The second-order valence-corrected chi connectivity index (χ2v) is 6.33. The Morgan fingerprint density at radius 2 is 1.88 bits per heavy atom. The Hall–Kier alpha value is -2.47. The summed E-state index contributed by atoms with van der Waals surface area (Å²) in [6.45, 7) is 3.40. The van der Waals surface area contributed by atoms with Crippen LogP contribution in [0.4, 0.5) is 8.78 Å². The maximum atomic E-state index is 13.7. The van der Waals surface area contributed by atoms with Crippen molar-refractivity contribution in [3.8, 4) is 5.75 Å². The molecule has 0 spiro atoms. The molecule has 0 N–H and O–H groups in total. The van der Waals surface area contributed by atoms with Gasteiger partial charge in [-0.2, -0.15) is 0 Å². The Balaban J connectivity index is 1.55. The van der Waals surface area contributed by atoms with E-state index in [4.69, 9.17) is 9.47 Å². The molecule has 1 amide bonds. The third-order valence-corrected chi connectivity index (χ3v) is 4.34. The number of carbonyl (C=O) groups excluding carboxylic acids is 1. The summed E-state index contributed by atoms with van der Waals surface area (Å²) in [4.78, 5) is 14.0. The van der Waals surface area contributed by atoms with Crippen LogP contribution in [0.25, 0.3) is 0 Å². The molecule has 1 aliphatic rings. The first kappa shape index (κ1) is 18.3. The van der Waals surface area contributed by atoms with Crippen LogP contribution in [0.3, 0.4) is 0 Å². The standard InChI is InChI=1S/C20H21F2NO3/c1-14-5-7-15(8-6-14)26-13-16-12-23(9-10-25-16)20(24)11-17-18(21)3-2-4-19(17)22/h2-8,16H,9-13H2,1H3/t16-/m1/s1. The first-order valence-electron chi connectivity index (χ1n) is 8.54. The van der Waals surface area contributed by atoms with Gasteiger partial charge in [-0.3, -0.25) is 4.79 Å². The molecule has 4 nitrogen and oxygen atoms in total. The highest BCUT2D eigenvalue weighted by Crippen LogP contribution is 2.16. The van der Waals surface area contributed by atoms with Gasteiger partial charge in [0.15, 0.2) is 0 Å². The Labute approximate surface area is 151 Å². The van der Waals surface area contributed by atoms with Crippen LogP contribution in [0.15, 0.2) is 42.5 Å². The Bertz CT molecular complexity index is 744. The molecule has 0 aliphatic carbocycles. The van der Waals surface area contributed by atoms with Gasteiger partial charge in [-0.05, 0) is 31.2 Å². The minimum atomic E-state index is -0.703. The van der Waals surface area contributed by atoms with Gasteiger partial charge in [0.1, 0.15) is 30.1 Å². The summed E-state index contributed by atoms with van der Waals surface area (Å²) in [5.41, 5.74) is 0.944. The zero-order chi connectivity index (χ0) is 18.5. The van der Waals surface area contributed by atoms with Gasteiger partial charge in [-0.25, -0.2) is 8.78 Å². The third-order valence-electron chi connectivity index (χ3n) is 4.34. The van der Waals surface area contributed by atoms with Crippen LogP contribution < -0.4 is 4.74 Å². The zero-order valence-corrected chi connectivity index (χ0v) is 14.6. The predicted molar refractivity (Wildman–Crippen MR) is 93.1 cm³/mol. The molecule has 0 bridgehead atoms. The third kappa shape index (κ3) is 4.58. The molecule has 1 saturated heterocycles. The normalized spacial score (nSPS) is 17.2. The van der Waals surface area contributed by atoms with Crippen LogP contribution in [-0.4, -0.2) is 43.2 Å². The summed E-state index contributed by atoms with van der Waals surface area (Å²) in [6.07, 6.45) is -0.580. The molecule has 2 aromatic carbocycles. The smallest absolute Gasteiger partial charge is 0.227 e. The van der Waals surface area contributed by atoms with Crippen molar-refractivity contribution in [1.29, 1.82) is 0 Å². The number of hydrogen-bond acceptors (Lipinski definition) is 3. The lowest BCUT2D eigenvalue weighted by Gasteiger charge is -2.33. The summed E-state index contributed by atoms with van der Waals surface area (Å²) < 4.78 is 38.8. The molecule has 0 unspecified atom stereocenters. The van der Waals surface area contributed by atoms with E-state index in [9.17, 15) is 13.6 Å². The number of ether oxygens (including phenoxy) is 2. The van der Waals surface area contributed by atoms with Crippen molar-refractivity contribution in [2.45, 2.75) is 19.4 Å². The molecule has 1 aliphatic heterocycles. The van der Waals surface area contributed by atoms with E-state index >= 15 is 0 Å². The lowest BCUT2D eigenvalue weighted by Crippen LogP contribution is -2.48. The lowest BCUT2D eigenvalue weighted by atomic mass is 10.1. The molecule has 2 aromatic rings. The maximum Gasteiger partial charge on any atom is 0.227 e. The topological polar surface area (TPSA) is 38.8 Å². The van der Waals surface area contributed by atoms with E-state index in [1.54, 1.807) is 4.90 Å². The monoisotopic (exact) mass is 361 g/mol. The van der Waals surface area contributed by atoms with E-state index in [-0.39, 0.29) is 24.0 Å². The number of halogens is 2. The maximum absolute atomic E-state index is 13.7. The van der Waals surface area contributed by atoms with E-state index in [1.807, 2.05) is 31.2 Å². The average Bonchev–Trinajstić information content (AvgIpc) is 2.64. The van der Waals surface area contributed by atoms with Crippen LogP contribution in [-0.2, 0) is 16.0 Å². The van der Waals surface area contributed by atoms with Crippen molar-refractivity contribution in [2.24, 2.45) is 0 Å². The van der Waals surface area contributed by atoms with Gasteiger partial charge in [0.05, 0.1) is 19.6 Å². The number of morpholine rings is 1. The molecule has 0 radical (unpaired) electrons.